The van der Waals surface area contributed by atoms with Crippen LogP contribution < -0.4 is 15.5 Å². The molecule has 0 unspecified atom stereocenters. The average molecular weight is 375 g/mol. The predicted octanol–water partition coefficient (Wildman–Crippen LogP) is 3.67. The molecule has 1 aliphatic heterocycles. The van der Waals surface area contributed by atoms with Gasteiger partial charge in [-0.05, 0) is 36.9 Å². The molecule has 1 saturated heterocycles. The number of alkyl halides is 3. The number of anilines is 2. The smallest absolute Gasteiger partial charge is 0.362 e. The summed E-state index contributed by atoms with van der Waals surface area (Å²) in [5.41, 5.74) is -0.968. The van der Waals surface area contributed by atoms with Gasteiger partial charge in [-0.3, -0.25) is 0 Å². The van der Waals surface area contributed by atoms with E-state index in [1.807, 2.05) is 11.8 Å². The SMILES string of the molecule is CCCNC(=S)Nc1nc(N2C[C@@H](C)C[C@H](C)C2)cc(C(F)(F)F)n1. The van der Waals surface area contributed by atoms with Crippen molar-refractivity contribution in [2.45, 2.75) is 39.8 Å². The fraction of sp³-hybridized carbons (Fsp3) is 0.688. The van der Waals surface area contributed by atoms with E-state index in [0.717, 1.165) is 18.9 Å². The van der Waals surface area contributed by atoms with Gasteiger partial charge in [-0.25, -0.2) is 4.98 Å². The van der Waals surface area contributed by atoms with Gasteiger partial charge in [-0.2, -0.15) is 18.2 Å². The number of rotatable bonds is 4. The second kappa shape index (κ2) is 8.16. The second-order valence-corrected chi connectivity index (χ2v) is 7.07. The maximum Gasteiger partial charge on any atom is 0.433 e. The van der Waals surface area contributed by atoms with E-state index in [9.17, 15) is 13.2 Å². The van der Waals surface area contributed by atoms with Crippen molar-refractivity contribution in [3.05, 3.63) is 11.8 Å². The highest BCUT2D eigenvalue weighted by Crippen LogP contribution is 2.32. The minimum Gasteiger partial charge on any atom is -0.362 e. The van der Waals surface area contributed by atoms with Crippen molar-refractivity contribution >= 4 is 29.1 Å². The van der Waals surface area contributed by atoms with Crippen LogP contribution in [0.5, 0.6) is 0 Å². The van der Waals surface area contributed by atoms with Crippen molar-refractivity contribution in [2.75, 3.05) is 29.9 Å². The number of halogens is 3. The van der Waals surface area contributed by atoms with Crippen LogP contribution in [-0.2, 0) is 6.18 Å². The van der Waals surface area contributed by atoms with Gasteiger partial charge in [-0.15, -0.1) is 0 Å². The van der Waals surface area contributed by atoms with Crippen LogP contribution in [0, 0.1) is 11.8 Å². The minimum atomic E-state index is -4.54. The summed E-state index contributed by atoms with van der Waals surface area (Å²) in [6.45, 7) is 8.13. The molecule has 0 aliphatic carbocycles. The highest BCUT2D eigenvalue weighted by Gasteiger charge is 2.35. The Morgan fingerprint density at radius 3 is 2.48 bits per heavy atom. The summed E-state index contributed by atoms with van der Waals surface area (Å²) in [5, 5.41) is 5.78. The third-order valence-electron chi connectivity index (χ3n) is 3.96. The minimum absolute atomic E-state index is 0.135. The Kier molecular flexibility index (Phi) is 6.42. The summed E-state index contributed by atoms with van der Waals surface area (Å²) >= 11 is 5.08. The van der Waals surface area contributed by atoms with E-state index < -0.39 is 11.9 Å². The Morgan fingerprint density at radius 2 is 1.92 bits per heavy atom. The zero-order valence-electron chi connectivity index (χ0n) is 14.7. The third-order valence-corrected chi connectivity index (χ3v) is 4.20. The molecule has 1 aromatic rings. The van der Waals surface area contributed by atoms with Crippen LogP contribution in [0.2, 0.25) is 0 Å². The zero-order chi connectivity index (χ0) is 18.6. The van der Waals surface area contributed by atoms with Crippen LogP contribution in [-0.4, -0.2) is 34.7 Å². The first-order valence-corrected chi connectivity index (χ1v) is 8.86. The molecule has 0 radical (unpaired) electrons. The van der Waals surface area contributed by atoms with Crippen LogP contribution in [0.3, 0.4) is 0 Å². The quantitative estimate of drug-likeness (QED) is 0.783. The molecule has 9 heteroatoms. The zero-order valence-corrected chi connectivity index (χ0v) is 15.5. The Hall–Kier alpha value is -1.64. The largest absolute Gasteiger partial charge is 0.433 e. The first-order valence-electron chi connectivity index (χ1n) is 8.45. The molecule has 25 heavy (non-hydrogen) atoms. The average Bonchev–Trinajstić information content (AvgIpc) is 2.51. The first-order chi connectivity index (χ1) is 11.7. The lowest BCUT2D eigenvalue weighted by atomic mass is 9.92. The van der Waals surface area contributed by atoms with E-state index in [0.29, 0.717) is 31.5 Å². The number of nitrogens with zero attached hydrogens (tertiary/aromatic N) is 3. The van der Waals surface area contributed by atoms with Crippen LogP contribution in [0.15, 0.2) is 6.07 Å². The van der Waals surface area contributed by atoms with Crippen molar-refractivity contribution in [1.82, 2.24) is 15.3 Å². The summed E-state index contributed by atoms with van der Waals surface area (Å²) in [6, 6.07) is 1.01. The van der Waals surface area contributed by atoms with E-state index in [-0.39, 0.29) is 16.9 Å². The number of hydrogen-bond acceptors (Lipinski definition) is 4. The molecule has 2 N–H and O–H groups in total. The molecule has 2 rings (SSSR count). The van der Waals surface area contributed by atoms with E-state index in [2.05, 4.69) is 34.4 Å². The third kappa shape index (κ3) is 5.69. The lowest BCUT2D eigenvalue weighted by molar-refractivity contribution is -0.141. The Labute approximate surface area is 151 Å². The molecule has 2 heterocycles. The van der Waals surface area contributed by atoms with Gasteiger partial charge in [0.1, 0.15) is 5.82 Å². The topological polar surface area (TPSA) is 53.1 Å². The van der Waals surface area contributed by atoms with Crippen molar-refractivity contribution in [3.63, 3.8) is 0 Å². The molecule has 140 valence electrons. The van der Waals surface area contributed by atoms with Gasteiger partial charge in [0.2, 0.25) is 5.95 Å². The van der Waals surface area contributed by atoms with Crippen LogP contribution in [0.4, 0.5) is 24.9 Å². The van der Waals surface area contributed by atoms with Crippen molar-refractivity contribution in [1.29, 1.82) is 0 Å². The highest BCUT2D eigenvalue weighted by molar-refractivity contribution is 7.80. The normalized spacial score (nSPS) is 21.1. The molecule has 0 amide bonds. The molecular formula is C16H24F3N5S. The van der Waals surface area contributed by atoms with Gasteiger partial charge in [0.25, 0.3) is 0 Å². The van der Waals surface area contributed by atoms with Crippen molar-refractivity contribution in [2.24, 2.45) is 11.8 Å². The maximum atomic E-state index is 13.2. The van der Waals surface area contributed by atoms with E-state index in [4.69, 9.17) is 12.2 Å². The van der Waals surface area contributed by atoms with Gasteiger partial charge in [0.15, 0.2) is 10.8 Å². The van der Waals surface area contributed by atoms with E-state index in [1.54, 1.807) is 0 Å². The van der Waals surface area contributed by atoms with Gasteiger partial charge >= 0.3 is 6.18 Å². The Bertz CT molecular complexity index is 598. The standard InChI is InChI=1S/C16H24F3N5S/c1-4-5-20-15(25)23-14-21-12(16(17,18)19)7-13(22-14)24-8-10(2)6-11(3)9-24/h7,10-11H,4-6,8-9H2,1-3H3,(H2,20,21,22,23,25)/t10-,11-/m0/s1. The molecule has 1 fully saturated rings. The molecule has 1 aliphatic rings. The Balaban J connectivity index is 2.29. The molecular weight excluding hydrogens is 351 g/mol. The summed E-state index contributed by atoms with van der Waals surface area (Å²) < 4.78 is 39.7. The monoisotopic (exact) mass is 375 g/mol. The number of aromatic nitrogens is 2. The van der Waals surface area contributed by atoms with Crippen LogP contribution in [0.25, 0.3) is 0 Å². The molecule has 2 atom stereocenters. The van der Waals surface area contributed by atoms with E-state index >= 15 is 0 Å². The highest BCUT2D eigenvalue weighted by atomic mass is 32.1. The van der Waals surface area contributed by atoms with Gasteiger partial charge in [0.05, 0.1) is 0 Å². The first kappa shape index (κ1) is 19.7. The summed E-state index contributed by atoms with van der Waals surface area (Å²) in [4.78, 5) is 9.74. The second-order valence-electron chi connectivity index (χ2n) is 6.66. The van der Waals surface area contributed by atoms with Crippen molar-refractivity contribution < 1.29 is 13.2 Å². The van der Waals surface area contributed by atoms with Gasteiger partial charge in [0, 0.05) is 25.7 Å². The lowest BCUT2D eigenvalue weighted by Gasteiger charge is -2.36. The van der Waals surface area contributed by atoms with Crippen molar-refractivity contribution in [3.8, 4) is 0 Å². The number of piperidine rings is 1. The lowest BCUT2D eigenvalue weighted by Crippen LogP contribution is -2.39. The maximum absolute atomic E-state index is 13.2. The molecule has 0 spiro atoms. The molecule has 0 aromatic carbocycles. The molecule has 0 bridgehead atoms. The molecule has 0 saturated carbocycles. The summed E-state index contributed by atoms with van der Waals surface area (Å²) in [5.74, 6) is 0.944. The fourth-order valence-electron chi connectivity index (χ4n) is 3.03. The van der Waals surface area contributed by atoms with E-state index in [1.165, 1.54) is 0 Å². The Morgan fingerprint density at radius 1 is 1.28 bits per heavy atom. The number of nitrogens with one attached hydrogen (secondary N) is 2. The molecule has 1 aromatic heterocycles. The summed E-state index contributed by atoms with van der Waals surface area (Å²) in [7, 11) is 0. The molecule has 5 nitrogen and oxygen atoms in total. The fourth-order valence-corrected chi connectivity index (χ4v) is 3.23. The number of hydrogen-bond donors (Lipinski definition) is 2. The van der Waals surface area contributed by atoms with Crippen LogP contribution >= 0.6 is 12.2 Å². The van der Waals surface area contributed by atoms with Gasteiger partial charge in [-0.1, -0.05) is 20.8 Å². The number of thiocarbonyl (C=S) groups is 1. The van der Waals surface area contributed by atoms with Gasteiger partial charge < -0.3 is 15.5 Å². The predicted molar refractivity (Wildman–Crippen MR) is 96.7 cm³/mol. The summed E-state index contributed by atoms with van der Waals surface area (Å²) in [6.07, 6.45) is -2.64. The van der Waals surface area contributed by atoms with Crippen LogP contribution in [0.1, 0.15) is 39.3 Å².